The van der Waals surface area contributed by atoms with Gasteiger partial charge in [-0.05, 0) is 31.0 Å². The minimum Gasteiger partial charge on any atom is -0.368 e. The highest BCUT2D eigenvalue weighted by Crippen LogP contribution is 2.23. The zero-order valence-electron chi connectivity index (χ0n) is 16.8. The van der Waals surface area contributed by atoms with Crippen molar-refractivity contribution >= 4 is 17.6 Å². The Balaban J connectivity index is 1.88. The number of halogens is 3. The molecule has 1 aliphatic rings. The number of piperazine rings is 1. The second kappa shape index (κ2) is 9.16. The molecule has 1 aromatic rings. The lowest BCUT2D eigenvalue weighted by atomic mass is 10.1. The number of benzene rings is 1. The molecule has 1 heterocycles. The van der Waals surface area contributed by atoms with Crippen LogP contribution in [0.15, 0.2) is 23.2 Å². The lowest BCUT2D eigenvalue weighted by Gasteiger charge is -2.38. The Morgan fingerprint density at radius 1 is 1.21 bits per heavy atom. The van der Waals surface area contributed by atoms with Gasteiger partial charge in [-0.2, -0.15) is 13.2 Å². The number of alkyl halides is 3. The minimum absolute atomic E-state index is 0.226. The van der Waals surface area contributed by atoms with Crippen LogP contribution >= 0.6 is 0 Å². The minimum atomic E-state index is -4.41. The molecule has 1 saturated heterocycles. The van der Waals surface area contributed by atoms with Crippen molar-refractivity contribution in [3.63, 3.8) is 0 Å². The Bertz CT molecular complexity index is 712. The molecule has 1 aromatic carbocycles. The van der Waals surface area contributed by atoms with Crippen LogP contribution in [0.1, 0.15) is 11.1 Å². The smallest absolute Gasteiger partial charge is 0.368 e. The van der Waals surface area contributed by atoms with Gasteiger partial charge in [0.25, 0.3) is 0 Å². The molecule has 1 fully saturated rings. The van der Waals surface area contributed by atoms with Gasteiger partial charge in [-0.25, -0.2) is 0 Å². The topological polar surface area (TPSA) is 51.2 Å². The van der Waals surface area contributed by atoms with Gasteiger partial charge in [-0.15, -0.1) is 0 Å². The number of carbonyl (C=O) groups excluding carboxylic acids is 1. The molecule has 0 saturated carbocycles. The predicted octanol–water partition coefficient (Wildman–Crippen LogP) is 2.02. The van der Waals surface area contributed by atoms with Crippen LogP contribution in [0.3, 0.4) is 0 Å². The maximum Gasteiger partial charge on any atom is 0.406 e. The van der Waals surface area contributed by atoms with E-state index in [1.807, 2.05) is 11.0 Å². The van der Waals surface area contributed by atoms with Crippen LogP contribution in [-0.4, -0.2) is 81.2 Å². The number of amides is 1. The van der Waals surface area contributed by atoms with Gasteiger partial charge in [0, 0.05) is 46.0 Å². The molecule has 0 spiro atoms. The van der Waals surface area contributed by atoms with E-state index in [1.165, 1.54) is 16.8 Å². The lowest BCUT2D eigenvalue weighted by molar-refractivity contribution is -0.157. The summed E-state index contributed by atoms with van der Waals surface area (Å²) < 4.78 is 37.2. The monoisotopic (exact) mass is 399 g/mol. The van der Waals surface area contributed by atoms with E-state index in [0.717, 1.165) is 20.1 Å². The molecule has 28 heavy (non-hydrogen) atoms. The van der Waals surface area contributed by atoms with Crippen molar-refractivity contribution in [2.45, 2.75) is 20.0 Å². The summed E-state index contributed by atoms with van der Waals surface area (Å²) in [6, 6.07) is 6.25. The Hall–Kier alpha value is -2.45. The number of hydrogen-bond donors (Lipinski definition) is 1. The Morgan fingerprint density at radius 3 is 2.43 bits per heavy atom. The standard InChI is InChI=1S/C19H28F3N5O/c1-14-6-5-7-16(15(14)2)26-8-10-27(11-9-26)18(23-3)24-12-17(28)25(4)13-19(20,21)22/h5-7H,8-13H2,1-4H3,(H,23,24). The van der Waals surface area contributed by atoms with Gasteiger partial charge in [0.05, 0.1) is 6.54 Å². The largest absolute Gasteiger partial charge is 0.406 e. The Kier molecular flexibility index (Phi) is 7.15. The van der Waals surface area contributed by atoms with Crippen molar-refractivity contribution in [1.82, 2.24) is 15.1 Å². The van der Waals surface area contributed by atoms with Crippen LogP contribution in [-0.2, 0) is 4.79 Å². The van der Waals surface area contributed by atoms with E-state index in [2.05, 4.69) is 41.2 Å². The molecule has 1 amide bonds. The third-order valence-electron chi connectivity index (χ3n) is 4.95. The molecular formula is C19H28F3N5O. The van der Waals surface area contributed by atoms with Crippen molar-refractivity contribution in [3.05, 3.63) is 29.3 Å². The van der Waals surface area contributed by atoms with Gasteiger partial charge < -0.3 is 20.0 Å². The van der Waals surface area contributed by atoms with Gasteiger partial charge >= 0.3 is 6.18 Å². The molecule has 0 aliphatic carbocycles. The van der Waals surface area contributed by atoms with E-state index < -0.39 is 18.6 Å². The predicted molar refractivity (Wildman–Crippen MR) is 105 cm³/mol. The number of aliphatic imine (C=N–C) groups is 1. The van der Waals surface area contributed by atoms with Gasteiger partial charge in [0.2, 0.25) is 5.91 Å². The number of carbonyl (C=O) groups is 1. The molecule has 0 aromatic heterocycles. The Labute approximate surface area is 164 Å². The van der Waals surface area contributed by atoms with Crippen LogP contribution < -0.4 is 10.2 Å². The zero-order chi connectivity index (χ0) is 20.9. The fraction of sp³-hybridized carbons (Fsp3) is 0.579. The van der Waals surface area contributed by atoms with Gasteiger partial charge in [-0.3, -0.25) is 9.79 Å². The summed E-state index contributed by atoms with van der Waals surface area (Å²) in [6.45, 7) is 5.73. The summed E-state index contributed by atoms with van der Waals surface area (Å²) in [4.78, 5) is 21.1. The molecule has 6 nitrogen and oxygen atoms in total. The highest BCUT2D eigenvalue weighted by molar-refractivity contribution is 5.86. The molecule has 1 N–H and O–H groups in total. The molecule has 2 rings (SSSR count). The van der Waals surface area contributed by atoms with Crippen LogP contribution in [0.2, 0.25) is 0 Å². The average Bonchev–Trinajstić information content (AvgIpc) is 2.63. The normalized spacial score (nSPS) is 15.6. The maximum absolute atomic E-state index is 12.4. The lowest BCUT2D eigenvalue weighted by Crippen LogP contribution is -2.54. The summed E-state index contributed by atoms with van der Waals surface area (Å²) in [5.74, 6) is -0.109. The van der Waals surface area contributed by atoms with Gasteiger partial charge in [-0.1, -0.05) is 12.1 Å². The van der Waals surface area contributed by atoms with E-state index in [4.69, 9.17) is 0 Å². The maximum atomic E-state index is 12.4. The number of hydrogen-bond acceptors (Lipinski definition) is 3. The van der Waals surface area contributed by atoms with Crippen LogP contribution in [0.4, 0.5) is 18.9 Å². The summed E-state index contributed by atoms with van der Waals surface area (Å²) in [5.41, 5.74) is 3.72. The first-order valence-electron chi connectivity index (χ1n) is 9.20. The zero-order valence-corrected chi connectivity index (χ0v) is 16.8. The van der Waals surface area contributed by atoms with Crippen molar-refractivity contribution in [2.24, 2.45) is 4.99 Å². The van der Waals surface area contributed by atoms with Crippen molar-refractivity contribution in [3.8, 4) is 0 Å². The van der Waals surface area contributed by atoms with Crippen molar-refractivity contribution < 1.29 is 18.0 Å². The van der Waals surface area contributed by atoms with E-state index in [-0.39, 0.29) is 6.54 Å². The molecule has 0 radical (unpaired) electrons. The fourth-order valence-electron chi connectivity index (χ4n) is 3.22. The fourth-order valence-corrected chi connectivity index (χ4v) is 3.22. The number of nitrogens with one attached hydrogen (secondary N) is 1. The van der Waals surface area contributed by atoms with Crippen LogP contribution in [0.5, 0.6) is 0 Å². The molecule has 1 aliphatic heterocycles. The van der Waals surface area contributed by atoms with E-state index in [0.29, 0.717) is 23.9 Å². The van der Waals surface area contributed by atoms with E-state index in [1.54, 1.807) is 7.05 Å². The number of anilines is 1. The van der Waals surface area contributed by atoms with Crippen LogP contribution in [0.25, 0.3) is 0 Å². The van der Waals surface area contributed by atoms with Gasteiger partial charge in [0.1, 0.15) is 6.54 Å². The summed E-state index contributed by atoms with van der Waals surface area (Å²) in [6.07, 6.45) is -4.41. The van der Waals surface area contributed by atoms with Crippen molar-refractivity contribution in [2.75, 3.05) is 58.3 Å². The number of likely N-dealkylation sites (N-methyl/N-ethyl adjacent to an activating group) is 1. The second-order valence-electron chi connectivity index (χ2n) is 6.96. The first kappa shape index (κ1) is 21.8. The average molecular weight is 399 g/mol. The first-order valence-corrected chi connectivity index (χ1v) is 9.20. The summed E-state index contributed by atoms with van der Waals surface area (Å²) in [7, 11) is 2.74. The summed E-state index contributed by atoms with van der Waals surface area (Å²) >= 11 is 0. The Morgan fingerprint density at radius 2 is 1.86 bits per heavy atom. The number of guanidine groups is 1. The van der Waals surface area contributed by atoms with Crippen molar-refractivity contribution in [1.29, 1.82) is 0 Å². The molecular weight excluding hydrogens is 371 g/mol. The number of aryl methyl sites for hydroxylation is 1. The highest BCUT2D eigenvalue weighted by Gasteiger charge is 2.31. The second-order valence-corrected chi connectivity index (χ2v) is 6.96. The van der Waals surface area contributed by atoms with Gasteiger partial charge in [0.15, 0.2) is 5.96 Å². The third kappa shape index (κ3) is 5.77. The van der Waals surface area contributed by atoms with Crippen LogP contribution in [0, 0.1) is 13.8 Å². The quantitative estimate of drug-likeness (QED) is 0.622. The molecule has 0 bridgehead atoms. The molecule has 0 unspecified atom stereocenters. The first-order chi connectivity index (χ1) is 13.1. The molecule has 0 atom stereocenters. The summed E-state index contributed by atoms with van der Waals surface area (Å²) in [5, 5.41) is 2.88. The highest BCUT2D eigenvalue weighted by atomic mass is 19.4. The van der Waals surface area contributed by atoms with E-state index in [9.17, 15) is 18.0 Å². The SMILES string of the molecule is CN=C(NCC(=O)N(C)CC(F)(F)F)N1CCN(c2cccc(C)c2C)CC1. The number of nitrogens with zero attached hydrogens (tertiary/aromatic N) is 4. The van der Waals surface area contributed by atoms with E-state index >= 15 is 0 Å². The number of rotatable bonds is 4. The molecule has 9 heteroatoms. The molecule has 156 valence electrons. The third-order valence-corrected chi connectivity index (χ3v) is 4.95.